The first kappa shape index (κ1) is 14.3. The minimum atomic E-state index is 0.645. The second kappa shape index (κ2) is 6.42. The molecule has 1 heteroatoms. The second-order valence-electron chi connectivity index (χ2n) is 5.29. The Morgan fingerprint density at radius 1 is 0.591 bits per heavy atom. The quantitative estimate of drug-likeness (QED) is 0.408. The molecule has 3 aromatic rings. The topological polar surface area (TPSA) is 0 Å². The van der Waals surface area contributed by atoms with Crippen molar-refractivity contribution in [1.82, 2.24) is 4.48 Å². The van der Waals surface area contributed by atoms with E-state index in [9.17, 15) is 0 Å². The highest BCUT2D eigenvalue weighted by Gasteiger charge is 2.34. The molecular weight excluding hydrogens is 266 g/mol. The molecule has 0 aliphatic rings. The summed E-state index contributed by atoms with van der Waals surface area (Å²) in [6.07, 6.45) is 1.99. The molecule has 0 unspecified atom stereocenters. The van der Waals surface area contributed by atoms with Gasteiger partial charge in [0.2, 0.25) is 0 Å². The molecule has 0 aromatic heterocycles. The van der Waals surface area contributed by atoms with E-state index in [-0.39, 0.29) is 0 Å². The van der Waals surface area contributed by atoms with E-state index < -0.39 is 0 Å². The zero-order valence-corrected chi connectivity index (χ0v) is 12.6. The van der Waals surface area contributed by atoms with E-state index >= 15 is 0 Å². The van der Waals surface area contributed by atoms with Gasteiger partial charge in [-0.2, -0.15) is 0 Å². The van der Waals surface area contributed by atoms with E-state index in [1.54, 1.807) is 0 Å². The Kier molecular flexibility index (Phi) is 4.17. The number of hydrogen-bond donors (Lipinski definition) is 0. The van der Waals surface area contributed by atoms with Crippen LogP contribution in [0.25, 0.3) is 0 Å². The van der Waals surface area contributed by atoms with Crippen LogP contribution in [0.3, 0.4) is 0 Å². The first-order chi connectivity index (χ1) is 10.9. The van der Waals surface area contributed by atoms with Gasteiger partial charge in [-0.3, -0.25) is 0 Å². The largest absolute Gasteiger partial charge is 0.223 e. The number of benzene rings is 3. The minimum absolute atomic E-state index is 0.645. The Morgan fingerprint density at radius 3 is 1.18 bits per heavy atom. The Balaban J connectivity index is 2.31. The van der Waals surface area contributed by atoms with Gasteiger partial charge >= 0.3 is 0 Å². The van der Waals surface area contributed by atoms with Gasteiger partial charge < -0.3 is 0 Å². The highest BCUT2D eigenvalue weighted by molar-refractivity contribution is 5.71. The normalized spacial score (nSPS) is 11.1. The molecule has 1 nitrogen and oxygen atoms in total. The maximum absolute atomic E-state index is 4.01. The number of rotatable bonds is 5. The average Bonchev–Trinajstić information content (AvgIpc) is 2.62. The van der Waals surface area contributed by atoms with Crippen LogP contribution < -0.4 is 4.48 Å². The summed E-state index contributed by atoms with van der Waals surface area (Å²) in [4.78, 5) is 0. The van der Waals surface area contributed by atoms with Crippen LogP contribution in [0.2, 0.25) is 0 Å². The van der Waals surface area contributed by atoms with Crippen LogP contribution >= 0.6 is 0 Å². The van der Waals surface area contributed by atoms with Gasteiger partial charge in [-0.05, 0) is 42.5 Å². The first-order valence-corrected chi connectivity index (χ1v) is 7.54. The van der Waals surface area contributed by atoms with Crippen molar-refractivity contribution in [2.24, 2.45) is 0 Å². The lowest BCUT2D eigenvalue weighted by molar-refractivity contribution is 0.572. The van der Waals surface area contributed by atoms with Gasteiger partial charge in [-0.15, -0.1) is 0 Å². The van der Waals surface area contributed by atoms with Crippen LogP contribution in [0.15, 0.2) is 104 Å². The molecule has 0 aliphatic heterocycles. The minimum Gasteiger partial charge on any atom is -0.223 e. The molecular formula is C21H20N+. The van der Waals surface area contributed by atoms with Gasteiger partial charge in [0.05, 0.1) is 0 Å². The zero-order chi connectivity index (χ0) is 15.3. The molecule has 0 saturated heterocycles. The molecule has 108 valence electrons. The van der Waals surface area contributed by atoms with Crippen molar-refractivity contribution >= 4 is 17.1 Å². The summed E-state index contributed by atoms with van der Waals surface area (Å²) in [6, 6.07) is 31.8. The summed E-state index contributed by atoms with van der Waals surface area (Å²) in [6.45, 7) is 4.81. The van der Waals surface area contributed by atoms with Gasteiger partial charge in [0.25, 0.3) is 0 Å². The van der Waals surface area contributed by atoms with Crippen molar-refractivity contribution < 1.29 is 0 Å². The van der Waals surface area contributed by atoms with Crippen molar-refractivity contribution in [3.05, 3.63) is 104 Å². The molecule has 0 radical (unpaired) electrons. The lowest BCUT2D eigenvalue weighted by atomic mass is 10.1. The van der Waals surface area contributed by atoms with Crippen LogP contribution in [-0.4, -0.2) is 6.54 Å². The maximum atomic E-state index is 4.01. The summed E-state index contributed by atoms with van der Waals surface area (Å²) in [5.74, 6) is 0. The van der Waals surface area contributed by atoms with Gasteiger partial charge in [0, 0.05) is 0 Å². The van der Waals surface area contributed by atoms with E-state index in [0.717, 1.165) is 6.54 Å². The molecule has 0 bridgehead atoms. The monoisotopic (exact) mass is 286 g/mol. The van der Waals surface area contributed by atoms with E-state index in [0.29, 0.717) is 4.48 Å². The average molecular weight is 286 g/mol. The number of para-hydroxylation sites is 3. The summed E-state index contributed by atoms with van der Waals surface area (Å²) in [5.41, 5.74) is 3.71. The standard InChI is InChI=1S/C21H20N/c1-2-18-22(19-12-6-3-7-13-19,20-14-8-4-9-15-20)21-16-10-5-11-17-21/h2-17H,1,18H2/q+1. The Labute approximate surface area is 132 Å². The van der Waals surface area contributed by atoms with E-state index in [2.05, 4.69) is 97.6 Å². The van der Waals surface area contributed by atoms with Crippen LogP contribution in [0, 0.1) is 0 Å². The summed E-state index contributed by atoms with van der Waals surface area (Å²) >= 11 is 0. The summed E-state index contributed by atoms with van der Waals surface area (Å²) in [7, 11) is 0. The molecule has 3 rings (SSSR count). The van der Waals surface area contributed by atoms with Gasteiger partial charge in [-0.25, -0.2) is 4.48 Å². The predicted molar refractivity (Wildman–Crippen MR) is 95.5 cm³/mol. The second-order valence-corrected chi connectivity index (χ2v) is 5.29. The fourth-order valence-corrected chi connectivity index (χ4v) is 3.00. The van der Waals surface area contributed by atoms with Crippen molar-refractivity contribution in [3.63, 3.8) is 0 Å². The van der Waals surface area contributed by atoms with Crippen LogP contribution in [0.4, 0.5) is 17.1 Å². The molecule has 0 aliphatic carbocycles. The third kappa shape index (κ3) is 2.47. The third-order valence-corrected chi connectivity index (χ3v) is 3.99. The van der Waals surface area contributed by atoms with Crippen LogP contribution in [-0.2, 0) is 0 Å². The lowest BCUT2D eigenvalue weighted by Crippen LogP contribution is -2.38. The van der Waals surface area contributed by atoms with Gasteiger partial charge in [0.1, 0.15) is 23.6 Å². The van der Waals surface area contributed by atoms with Crippen molar-refractivity contribution in [3.8, 4) is 0 Å². The Hall–Kier alpha value is -2.64. The summed E-state index contributed by atoms with van der Waals surface area (Å²) < 4.78 is 0.645. The van der Waals surface area contributed by atoms with Crippen molar-refractivity contribution in [2.45, 2.75) is 0 Å². The van der Waals surface area contributed by atoms with E-state index in [1.807, 2.05) is 6.08 Å². The maximum Gasteiger partial charge on any atom is 0.143 e. The Morgan fingerprint density at radius 2 is 0.909 bits per heavy atom. The van der Waals surface area contributed by atoms with E-state index in [4.69, 9.17) is 0 Å². The fraction of sp³-hybridized carbons (Fsp3) is 0.0476. The molecule has 0 fully saturated rings. The molecule has 0 spiro atoms. The highest BCUT2D eigenvalue weighted by Crippen LogP contribution is 2.43. The van der Waals surface area contributed by atoms with Crippen molar-refractivity contribution in [1.29, 1.82) is 0 Å². The fourth-order valence-electron chi connectivity index (χ4n) is 3.00. The lowest BCUT2D eigenvalue weighted by Gasteiger charge is -2.36. The molecule has 0 heterocycles. The molecule has 0 atom stereocenters. The van der Waals surface area contributed by atoms with E-state index in [1.165, 1.54) is 17.1 Å². The number of quaternary nitrogens is 1. The van der Waals surface area contributed by atoms with Gasteiger partial charge in [-0.1, -0.05) is 61.2 Å². The van der Waals surface area contributed by atoms with Crippen LogP contribution in [0.1, 0.15) is 0 Å². The molecule has 0 N–H and O–H groups in total. The molecule has 0 saturated carbocycles. The smallest absolute Gasteiger partial charge is 0.143 e. The highest BCUT2D eigenvalue weighted by atomic mass is 15.4. The van der Waals surface area contributed by atoms with Crippen LogP contribution in [0.5, 0.6) is 0 Å². The first-order valence-electron chi connectivity index (χ1n) is 7.54. The van der Waals surface area contributed by atoms with Gasteiger partial charge in [0.15, 0.2) is 0 Å². The number of hydrogen-bond acceptors (Lipinski definition) is 0. The van der Waals surface area contributed by atoms with Crippen molar-refractivity contribution in [2.75, 3.05) is 6.54 Å². The third-order valence-electron chi connectivity index (χ3n) is 3.99. The SMILES string of the molecule is C=CC[N+](c1ccccc1)(c1ccccc1)c1ccccc1. The molecule has 0 amide bonds. The zero-order valence-electron chi connectivity index (χ0n) is 12.6. The molecule has 22 heavy (non-hydrogen) atoms. The Bertz CT molecular complexity index is 621. The summed E-state index contributed by atoms with van der Waals surface area (Å²) in [5, 5.41) is 0. The molecule has 3 aromatic carbocycles. The number of nitrogens with zero attached hydrogens (tertiary/aromatic N) is 1. The predicted octanol–water partition coefficient (Wildman–Crippen LogP) is 5.84.